The van der Waals surface area contributed by atoms with Crippen molar-refractivity contribution in [2.75, 3.05) is 20.3 Å². The average molecular weight is 366 g/mol. The summed E-state index contributed by atoms with van der Waals surface area (Å²) < 4.78 is 5.12. The van der Waals surface area contributed by atoms with Gasteiger partial charge in [0.2, 0.25) is 0 Å². The van der Waals surface area contributed by atoms with Gasteiger partial charge in [0.25, 0.3) is 5.91 Å². The maximum Gasteiger partial charge on any atom is 0.329 e. The highest BCUT2D eigenvalue weighted by atomic mass is 16.6. The minimum atomic E-state index is -0.680. The van der Waals surface area contributed by atoms with Crippen LogP contribution in [0, 0.1) is 0 Å². The molecule has 0 aliphatic carbocycles. The van der Waals surface area contributed by atoms with Crippen molar-refractivity contribution in [3.63, 3.8) is 0 Å². The van der Waals surface area contributed by atoms with E-state index in [9.17, 15) is 9.59 Å². The van der Waals surface area contributed by atoms with Crippen molar-refractivity contribution in [2.45, 2.75) is 19.4 Å². The van der Waals surface area contributed by atoms with E-state index in [0.717, 1.165) is 11.1 Å². The molecule has 0 aromatic heterocycles. The Hall–Kier alpha value is -3.15. The molecule has 1 aliphatic heterocycles. The minimum absolute atomic E-state index is 0.228. The molecule has 1 amide bonds. The van der Waals surface area contributed by atoms with Crippen molar-refractivity contribution in [1.82, 2.24) is 4.90 Å². The number of rotatable bonds is 5. The number of nitrogens with zero attached hydrogens (tertiary/aromatic N) is 2. The molecule has 6 nitrogen and oxygen atoms in total. The lowest BCUT2D eigenvalue weighted by molar-refractivity contribution is -0.147. The molecule has 1 heterocycles. The van der Waals surface area contributed by atoms with Gasteiger partial charge in [-0.25, -0.2) is 4.79 Å². The molecule has 0 spiro atoms. The van der Waals surface area contributed by atoms with E-state index in [4.69, 9.17) is 9.57 Å². The zero-order chi connectivity index (χ0) is 19.2. The molecule has 0 unspecified atom stereocenters. The number of likely N-dealkylation sites (tertiary alicyclic amines) is 1. The van der Waals surface area contributed by atoms with Crippen LogP contribution >= 0.6 is 0 Å². The first-order valence-corrected chi connectivity index (χ1v) is 8.86. The number of ether oxygens (including phenoxy) is 1. The molecule has 0 radical (unpaired) electrons. The number of hydrogen-bond donors (Lipinski definition) is 0. The fraction of sp³-hybridized carbons (Fsp3) is 0.286. The number of carbonyl (C=O) groups excluding carboxylic acids is 2. The van der Waals surface area contributed by atoms with Crippen LogP contribution in [0.4, 0.5) is 0 Å². The third-order valence-electron chi connectivity index (χ3n) is 4.44. The first kappa shape index (κ1) is 18.6. The summed E-state index contributed by atoms with van der Waals surface area (Å²) in [5.41, 5.74) is 3.26. The number of amides is 1. The molecule has 2 aromatic carbocycles. The third-order valence-corrected chi connectivity index (χ3v) is 4.44. The van der Waals surface area contributed by atoms with Gasteiger partial charge < -0.3 is 14.5 Å². The Balaban J connectivity index is 1.82. The summed E-state index contributed by atoms with van der Waals surface area (Å²) in [6.45, 7) is 2.25. The van der Waals surface area contributed by atoms with Crippen LogP contribution in [0.3, 0.4) is 0 Å². The van der Waals surface area contributed by atoms with Gasteiger partial charge in [0.15, 0.2) is 0 Å². The van der Waals surface area contributed by atoms with Crippen molar-refractivity contribution >= 4 is 17.6 Å². The van der Waals surface area contributed by atoms with Crippen LogP contribution in [0.1, 0.15) is 23.7 Å². The molecule has 1 fully saturated rings. The molecular weight excluding hydrogens is 344 g/mol. The van der Waals surface area contributed by atoms with Gasteiger partial charge in [-0.05, 0) is 30.2 Å². The van der Waals surface area contributed by atoms with Crippen LogP contribution in [0.15, 0.2) is 59.8 Å². The summed E-state index contributed by atoms with van der Waals surface area (Å²) >= 11 is 0. The van der Waals surface area contributed by atoms with Gasteiger partial charge in [0.05, 0.1) is 18.9 Å². The molecule has 27 heavy (non-hydrogen) atoms. The second-order valence-electron chi connectivity index (χ2n) is 6.19. The van der Waals surface area contributed by atoms with Crippen LogP contribution in [0.5, 0.6) is 0 Å². The molecule has 6 heteroatoms. The zero-order valence-corrected chi connectivity index (χ0v) is 15.4. The van der Waals surface area contributed by atoms with Crippen molar-refractivity contribution in [3.05, 3.63) is 60.2 Å². The predicted molar refractivity (Wildman–Crippen MR) is 102 cm³/mol. The highest BCUT2D eigenvalue weighted by molar-refractivity contribution is 6.04. The van der Waals surface area contributed by atoms with E-state index in [1.807, 2.05) is 42.5 Å². The molecule has 1 atom stereocenters. The monoisotopic (exact) mass is 366 g/mol. The normalized spacial score (nSPS) is 17.8. The quantitative estimate of drug-likeness (QED) is 0.602. The van der Waals surface area contributed by atoms with Gasteiger partial charge in [0, 0.05) is 12.0 Å². The van der Waals surface area contributed by atoms with E-state index >= 15 is 0 Å². The number of benzene rings is 2. The van der Waals surface area contributed by atoms with Gasteiger partial charge in [-0.1, -0.05) is 47.6 Å². The molecule has 0 saturated carbocycles. The Morgan fingerprint density at radius 2 is 1.74 bits per heavy atom. The Morgan fingerprint density at radius 1 is 1.07 bits per heavy atom. The SMILES string of the molecule is CCOC(=O)[C@@H]1C/C(=N\OC)CN1C(=O)c1ccc(-c2ccccc2)cc1. The Morgan fingerprint density at radius 3 is 2.37 bits per heavy atom. The van der Waals surface area contributed by atoms with Crippen LogP contribution in [0.2, 0.25) is 0 Å². The highest BCUT2D eigenvalue weighted by Gasteiger charge is 2.39. The highest BCUT2D eigenvalue weighted by Crippen LogP contribution is 2.23. The lowest BCUT2D eigenvalue weighted by atomic mass is 10.0. The Kier molecular flexibility index (Phi) is 5.86. The third kappa shape index (κ3) is 4.16. The van der Waals surface area contributed by atoms with E-state index < -0.39 is 12.0 Å². The first-order chi connectivity index (χ1) is 13.1. The topological polar surface area (TPSA) is 68.2 Å². The van der Waals surface area contributed by atoms with Gasteiger partial charge >= 0.3 is 5.97 Å². The van der Waals surface area contributed by atoms with Crippen LogP contribution in [-0.4, -0.2) is 48.8 Å². The summed E-state index contributed by atoms with van der Waals surface area (Å²) in [6.07, 6.45) is 0.320. The van der Waals surface area contributed by atoms with E-state index in [1.165, 1.54) is 12.0 Å². The molecular formula is C21H22N2O4. The Labute approximate surface area is 158 Å². The summed E-state index contributed by atoms with van der Waals surface area (Å²) in [5, 5.41) is 3.91. The molecule has 1 aliphatic rings. The molecule has 2 aromatic rings. The fourth-order valence-electron chi connectivity index (χ4n) is 3.16. The van der Waals surface area contributed by atoms with Crippen molar-refractivity contribution in [1.29, 1.82) is 0 Å². The maximum absolute atomic E-state index is 13.0. The Bertz CT molecular complexity index is 831. The summed E-state index contributed by atoms with van der Waals surface area (Å²) in [4.78, 5) is 31.6. The first-order valence-electron chi connectivity index (χ1n) is 8.86. The van der Waals surface area contributed by atoms with Crippen molar-refractivity contribution in [3.8, 4) is 11.1 Å². The number of esters is 1. The van der Waals surface area contributed by atoms with Gasteiger partial charge in [0.1, 0.15) is 13.2 Å². The van der Waals surface area contributed by atoms with E-state index in [1.54, 1.807) is 19.1 Å². The van der Waals surface area contributed by atoms with Crippen molar-refractivity contribution in [2.24, 2.45) is 5.16 Å². The number of hydrogen-bond acceptors (Lipinski definition) is 5. The second-order valence-corrected chi connectivity index (χ2v) is 6.19. The second kappa shape index (κ2) is 8.49. The van der Waals surface area contributed by atoms with Gasteiger partial charge in [-0.15, -0.1) is 0 Å². The van der Waals surface area contributed by atoms with Crippen LogP contribution < -0.4 is 0 Å². The molecule has 3 rings (SSSR count). The lowest BCUT2D eigenvalue weighted by Gasteiger charge is -2.22. The predicted octanol–water partition coefficient (Wildman–Crippen LogP) is 3.13. The smallest absolute Gasteiger partial charge is 0.329 e. The summed E-state index contributed by atoms with van der Waals surface area (Å²) in [7, 11) is 1.44. The molecule has 140 valence electrons. The van der Waals surface area contributed by atoms with E-state index in [0.29, 0.717) is 17.7 Å². The lowest BCUT2D eigenvalue weighted by Crippen LogP contribution is -2.41. The van der Waals surface area contributed by atoms with Gasteiger partial charge in [-0.2, -0.15) is 0 Å². The zero-order valence-electron chi connectivity index (χ0n) is 15.4. The average Bonchev–Trinajstić information content (AvgIpc) is 3.13. The van der Waals surface area contributed by atoms with Crippen LogP contribution in [-0.2, 0) is 14.4 Å². The molecule has 1 saturated heterocycles. The van der Waals surface area contributed by atoms with Crippen LogP contribution in [0.25, 0.3) is 11.1 Å². The number of carbonyl (C=O) groups is 2. The largest absolute Gasteiger partial charge is 0.464 e. The fourth-order valence-corrected chi connectivity index (χ4v) is 3.16. The molecule has 0 bridgehead atoms. The van der Waals surface area contributed by atoms with E-state index in [2.05, 4.69) is 5.16 Å². The molecule has 0 N–H and O–H groups in total. The summed E-state index contributed by atoms with van der Waals surface area (Å²) in [5.74, 6) is -0.651. The number of oxime groups is 1. The maximum atomic E-state index is 13.0. The standard InChI is InChI=1S/C21H22N2O4/c1-3-27-21(25)19-13-18(22-26-2)14-23(19)20(24)17-11-9-16(10-12-17)15-7-5-4-6-8-15/h4-12,19H,3,13-14H2,1-2H3/b22-18+/t19-/m0/s1. The van der Waals surface area contributed by atoms with Gasteiger partial charge in [-0.3, -0.25) is 4.79 Å². The van der Waals surface area contributed by atoms with Crippen molar-refractivity contribution < 1.29 is 19.2 Å². The minimum Gasteiger partial charge on any atom is -0.464 e. The van der Waals surface area contributed by atoms with E-state index in [-0.39, 0.29) is 19.1 Å². The summed E-state index contributed by atoms with van der Waals surface area (Å²) in [6, 6.07) is 16.6.